The molecule has 0 amide bonds. The number of thioether (sulfide) groups is 1. The summed E-state index contributed by atoms with van der Waals surface area (Å²) < 4.78 is 0. The fraction of sp³-hybridized carbons (Fsp3) is 0.400. The van der Waals surface area contributed by atoms with Crippen LogP contribution in [0.5, 0.6) is 0 Å². The third kappa shape index (κ3) is 1.44. The molecule has 0 aromatic heterocycles. The van der Waals surface area contributed by atoms with Gasteiger partial charge in [-0.15, -0.1) is 11.8 Å². The molecule has 2 rings (SSSR count). The first-order chi connectivity index (χ1) is 5.90. The smallest absolute Gasteiger partial charge is 0.0351 e. The molecule has 1 nitrogen and oxygen atoms in total. The monoisotopic (exact) mass is 179 g/mol. The Morgan fingerprint density at radius 3 is 3.25 bits per heavy atom. The van der Waals surface area contributed by atoms with Crippen molar-refractivity contribution in [3.05, 3.63) is 23.8 Å². The Morgan fingerprint density at radius 2 is 2.42 bits per heavy atom. The molecular formula is C10H13NS. The second-order valence-electron chi connectivity index (χ2n) is 2.95. The molecule has 12 heavy (non-hydrogen) atoms. The highest BCUT2D eigenvalue weighted by molar-refractivity contribution is 7.99. The normalized spacial score (nSPS) is 14.4. The first-order valence-electron chi connectivity index (χ1n) is 4.40. The van der Waals surface area contributed by atoms with Crippen LogP contribution in [0.15, 0.2) is 23.1 Å². The second-order valence-corrected chi connectivity index (χ2v) is 4.09. The molecule has 1 heterocycles. The summed E-state index contributed by atoms with van der Waals surface area (Å²) in [4.78, 5) is 1.47. The van der Waals surface area contributed by atoms with Crippen LogP contribution in [0.2, 0.25) is 0 Å². The van der Waals surface area contributed by atoms with Gasteiger partial charge in [0.15, 0.2) is 0 Å². The zero-order chi connectivity index (χ0) is 8.39. The van der Waals surface area contributed by atoms with Gasteiger partial charge in [0.2, 0.25) is 0 Å². The van der Waals surface area contributed by atoms with E-state index in [1.807, 2.05) is 11.8 Å². The van der Waals surface area contributed by atoms with Crippen LogP contribution in [-0.2, 0) is 6.42 Å². The number of rotatable bonds is 2. The van der Waals surface area contributed by atoms with Crippen molar-refractivity contribution in [2.45, 2.75) is 18.2 Å². The molecule has 1 aromatic carbocycles. The van der Waals surface area contributed by atoms with Gasteiger partial charge in [-0.25, -0.2) is 0 Å². The lowest BCUT2D eigenvalue weighted by atomic mass is 10.1. The van der Waals surface area contributed by atoms with Crippen LogP contribution in [0.3, 0.4) is 0 Å². The quantitative estimate of drug-likeness (QED) is 0.749. The largest absolute Gasteiger partial charge is 0.385 e. The summed E-state index contributed by atoms with van der Waals surface area (Å²) in [6, 6.07) is 6.68. The van der Waals surface area contributed by atoms with Crippen molar-refractivity contribution in [1.82, 2.24) is 0 Å². The summed E-state index contributed by atoms with van der Waals surface area (Å²) in [7, 11) is 0. The van der Waals surface area contributed by atoms with E-state index in [0.29, 0.717) is 0 Å². The average molecular weight is 179 g/mol. The maximum atomic E-state index is 3.32. The first kappa shape index (κ1) is 7.99. The fourth-order valence-electron chi connectivity index (χ4n) is 1.48. The number of nitrogens with one attached hydrogen (secondary N) is 1. The maximum absolute atomic E-state index is 3.32. The van der Waals surface area contributed by atoms with Crippen molar-refractivity contribution in [1.29, 1.82) is 0 Å². The van der Waals surface area contributed by atoms with Crippen molar-refractivity contribution in [2.24, 2.45) is 0 Å². The Labute approximate surface area is 77.6 Å². The van der Waals surface area contributed by atoms with Gasteiger partial charge in [0.1, 0.15) is 0 Å². The Morgan fingerprint density at radius 1 is 1.50 bits per heavy atom. The van der Waals surface area contributed by atoms with Gasteiger partial charge in [0.25, 0.3) is 0 Å². The van der Waals surface area contributed by atoms with E-state index in [9.17, 15) is 0 Å². The lowest BCUT2D eigenvalue weighted by Gasteiger charge is -2.04. The Kier molecular flexibility index (Phi) is 2.26. The second kappa shape index (κ2) is 3.40. The van der Waals surface area contributed by atoms with E-state index < -0.39 is 0 Å². The summed E-state index contributed by atoms with van der Waals surface area (Å²) in [5.74, 6) is 1.25. The minimum Gasteiger partial charge on any atom is -0.385 e. The molecule has 64 valence electrons. The van der Waals surface area contributed by atoms with Crippen molar-refractivity contribution < 1.29 is 0 Å². The van der Waals surface area contributed by atoms with E-state index in [-0.39, 0.29) is 0 Å². The number of benzene rings is 1. The van der Waals surface area contributed by atoms with Gasteiger partial charge in [-0.05, 0) is 31.0 Å². The molecule has 1 aliphatic heterocycles. The highest BCUT2D eigenvalue weighted by Crippen LogP contribution is 2.32. The molecule has 0 aliphatic carbocycles. The molecule has 0 radical (unpaired) electrons. The number of anilines is 1. The van der Waals surface area contributed by atoms with Crippen molar-refractivity contribution in [2.75, 3.05) is 17.6 Å². The molecule has 0 atom stereocenters. The third-order valence-corrected chi connectivity index (χ3v) is 3.18. The molecule has 1 aliphatic rings. The fourth-order valence-corrected chi connectivity index (χ4v) is 2.59. The molecule has 0 spiro atoms. The molecule has 1 aromatic rings. The number of hydrogen-bond donors (Lipinski definition) is 1. The van der Waals surface area contributed by atoms with E-state index in [4.69, 9.17) is 0 Å². The minimum atomic E-state index is 1.00. The van der Waals surface area contributed by atoms with Gasteiger partial charge in [-0.3, -0.25) is 0 Å². The van der Waals surface area contributed by atoms with Crippen LogP contribution in [0.4, 0.5) is 5.69 Å². The van der Waals surface area contributed by atoms with Crippen molar-refractivity contribution in [3.63, 3.8) is 0 Å². The average Bonchev–Trinajstić information content (AvgIpc) is 2.51. The van der Waals surface area contributed by atoms with Crippen molar-refractivity contribution >= 4 is 17.4 Å². The standard InChI is InChI=1S/C10H13NS/c1-2-11-9-4-3-8-5-6-12-10(8)7-9/h3-4,7,11H,2,5-6H2,1H3. The van der Waals surface area contributed by atoms with Crippen LogP contribution < -0.4 is 5.32 Å². The van der Waals surface area contributed by atoms with E-state index >= 15 is 0 Å². The summed E-state index contributed by atoms with van der Waals surface area (Å²) in [6.45, 7) is 3.13. The molecular weight excluding hydrogens is 166 g/mol. The Hall–Kier alpha value is -0.630. The SMILES string of the molecule is CCNc1ccc2c(c1)SCC2. The maximum Gasteiger partial charge on any atom is 0.0351 e. The summed E-state index contributed by atoms with van der Waals surface area (Å²) in [5.41, 5.74) is 2.77. The van der Waals surface area contributed by atoms with Crippen molar-refractivity contribution in [3.8, 4) is 0 Å². The lowest BCUT2D eigenvalue weighted by Crippen LogP contribution is -1.96. The number of hydrogen-bond acceptors (Lipinski definition) is 2. The van der Waals surface area contributed by atoms with E-state index in [2.05, 4.69) is 30.4 Å². The van der Waals surface area contributed by atoms with Crippen LogP contribution >= 0.6 is 11.8 Å². The zero-order valence-electron chi connectivity index (χ0n) is 7.26. The van der Waals surface area contributed by atoms with Gasteiger partial charge in [0, 0.05) is 22.9 Å². The lowest BCUT2D eigenvalue weighted by molar-refractivity contribution is 1.14. The van der Waals surface area contributed by atoms with E-state index in [0.717, 1.165) is 6.54 Å². The van der Waals surface area contributed by atoms with E-state index in [1.54, 1.807) is 0 Å². The van der Waals surface area contributed by atoms with Crippen LogP contribution in [-0.4, -0.2) is 12.3 Å². The predicted octanol–water partition coefficient (Wildman–Crippen LogP) is 2.77. The highest BCUT2D eigenvalue weighted by atomic mass is 32.2. The van der Waals surface area contributed by atoms with Gasteiger partial charge >= 0.3 is 0 Å². The minimum absolute atomic E-state index is 1.00. The van der Waals surface area contributed by atoms with E-state index in [1.165, 1.54) is 28.3 Å². The van der Waals surface area contributed by atoms with Crippen LogP contribution in [0.1, 0.15) is 12.5 Å². The number of aryl methyl sites for hydroxylation is 1. The topological polar surface area (TPSA) is 12.0 Å². The molecule has 0 saturated carbocycles. The van der Waals surface area contributed by atoms with Gasteiger partial charge in [-0.2, -0.15) is 0 Å². The molecule has 0 bridgehead atoms. The van der Waals surface area contributed by atoms with Crippen LogP contribution in [0.25, 0.3) is 0 Å². The zero-order valence-corrected chi connectivity index (χ0v) is 8.08. The first-order valence-corrected chi connectivity index (χ1v) is 5.38. The van der Waals surface area contributed by atoms with Crippen LogP contribution in [0, 0.1) is 0 Å². The Bertz CT molecular complexity index is 283. The summed E-state index contributed by atoms with van der Waals surface area (Å²) >= 11 is 1.97. The summed E-state index contributed by atoms with van der Waals surface area (Å²) in [5, 5.41) is 3.32. The molecule has 1 N–H and O–H groups in total. The molecule has 0 unspecified atom stereocenters. The van der Waals surface area contributed by atoms with Gasteiger partial charge < -0.3 is 5.32 Å². The van der Waals surface area contributed by atoms with Gasteiger partial charge in [-0.1, -0.05) is 6.07 Å². The molecule has 2 heteroatoms. The molecule has 0 saturated heterocycles. The molecule has 0 fully saturated rings. The number of fused-ring (bicyclic) bond motifs is 1. The summed E-state index contributed by atoms with van der Waals surface area (Å²) in [6.07, 6.45) is 1.24. The Balaban J connectivity index is 2.26. The highest BCUT2D eigenvalue weighted by Gasteiger charge is 2.10. The third-order valence-electron chi connectivity index (χ3n) is 2.08. The predicted molar refractivity (Wildman–Crippen MR) is 55.0 cm³/mol. The van der Waals surface area contributed by atoms with Gasteiger partial charge in [0.05, 0.1) is 0 Å².